The summed E-state index contributed by atoms with van der Waals surface area (Å²) in [4.78, 5) is 23.7. The summed E-state index contributed by atoms with van der Waals surface area (Å²) in [5, 5.41) is -1.11. The van der Waals surface area contributed by atoms with Gasteiger partial charge in [0.25, 0.3) is 0 Å². The van der Waals surface area contributed by atoms with Crippen LogP contribution in [0, 0.1) is 0 Å². The van der Waals surface area contributed by atoms with Gasteiger partial charge in [0.2, 0.25) is 0 Å². The van der Waals surface area contributed by atoms with Gasteiger partial charge in [0, 0.05) is 0 Å². The van der Waals surface area contributed by atoms with E-state index >= 15 is 0 Å². The van der Waals surface area contributed by atoms with Crippen molar-refractivity contribution in [1.82, 2.24) is 0 Å². The summed E-state index contributed by atoms with van der Waals surface area (Å²) in [6.45, 7) is 0. The van der Waals surface area contributed by atoms with Gasteiger partial charge in [-0.3, -0.25) is 9.59 Å². The molecule has 2 atom stereocenters. The third kappa shape index (κ3) is 3.47. The summed E-state index contributed by atoms with van der Waals surface area (Å²) in [6, 6.07) is 7.57. The number of rotatable bonds is 4. The van der Waals surface area contributed by atoms with Crippen molar-refractivity contribution in [2.75, 3.05) is 21.3 Å². The Bertz CT molecular complexity index is 493. The van der Waals surface area contributed by atoms with Crippen LogP contribution in [0.15, 0.2) is 24.3 Å². The van der Waals surface area contributed by atoms with Crippen LogP contribution in [-0.4, -0.2) is 43.8 Å². The predicted octanol–water partition coefficient (Wildman–Crippen LogP) is 2.26. The molecule has 2 unspecified atom stereocenters. The number of carbonyl (C=O) groups is 2. The van der Waals surface area contributed by atoms with E-state index < -0.39 is 22.4 Å². The molecule has 0 radical (unpaired) electrons. The molecule has 1 saturated heterocycles. The molecule has 0 aromatic heterocycles. The van der Waals surface area contributed by atoms with Crippen molar-refractivity contribution < 1.29 is 23.8 Å². The van der Waals surface area contributed by atoms with Gasteiger partial charge in [-0.2, -0.15) is 0 Å². The average Bonchev–Trinajstić information content (AvgIpc) is 2.98. The molecule has 1 heterocycles. The third-order valence-corrected chi connectivity index (χ3v) is 6.46. The standard InChI is InChI=1S/C14H16O5S2/c1-17-9-6-4-8(5-7-9)14-20-10(12(15)18-2)11(21-14)13(16)19-3/h4-7,10-11,14H,1-3H3. The highest BCUT2D eigenvalue weighted by Gasteiger charge is 2.46. The zero-order chi connectivity index (χ0) is 15.4. The fourth-order valence-electron chi connectivity index (χ4n) is 1.95. The maximum Gasteiger partial charge on any atom is 0.320 e. The van der Waals surface area contributed by atoms with Crippen molar-refractivity contribution in [3.63, 3.8) is 0 Å². The first-order valence-electron chi connectivity index (χ1n) is 6.21. The van der Waals surface area contributed by atoms with Crippen LogP contribution < -0.4 is 4.74 Å². The molecule has 0 N–H and O–H groups in total. The smallest absolute Gasteiger partial charge is 0.320 e. The minimum absolute atomic E-state index is 0.0240. The van der Waals surface area contributed by atoms with E-state index in [9.17, 15) is 9.59 Å². The number of benzene rings is 1. The van der Waals surface area contributed by atoms with Crippen LogP contribution in [0.1, 0.15) is 10.1 Å². The van der Waals surface area contributed by atoms with Gasteiger partial charge in [-0.15, -0.1) is 23.5 Å². The fourth-order valence-corrected chi connectivity index (χ4v) is 5.39. The summed E-state index contributed by atoms with van der Waals surface area (Å²) in [5.74, 6) is -0.0430. The molecule has 5 nitrogen and oxygen atoms in total. The monoisotopic (exact) mass is 328 g/mol. The summed E-state index contributed by atoms with van der Waals surface area (Å²) < 4.78 is 14.7. The molecule has 2 rings (SSSR count). The molecule has 0 aliphatic carbocycles. The van der Waals surface area contributed by atoms with E-state index in [0.29, 0.717) is 0 Å². The van der Waals surface area contributed by atoms with Crippen LogP contribution in [0.2, 0.25) is 0 Å². The highest BCUT2D eigenvalue weighted by molar-refractivity contribution is 8.21. The molecule has 1 aromatic carbocycles. The molecule has 1 aliphatic rings. The lowest BCUT2D eigenvalue weighted by Crippen LogP contribution is -2.33. The second-order valence-electron chi connectivity index (χ2n) is 4.26. The van der Waals surface area contributed by atoms with Crippen molar-refractivity contribution in [3.8, 4) is 5.75 Å². The normalized spacial score (nSPS) is 24.4. The number of hydrogen-bond donors (Lipinski definition) is 0. The maximum absolute atomic E-state index is 11.8. The number of hydrogen-bond acceptors (Lipinski definition) is 7. The molecular formula is C14H16O5S2. The zero-order valence-electron chi connectivity index (χ0n) is 11.9. The third-order valence-electron chi connectivity index (χ3n) is 3.07. The maximum atomic E-state index is 11.8. The predicted molar refractivity (Wildman–Crippen MR) is 82.5 cm³/mol. The van der Waals surface area contributed by atoms with E-state index in [1.807, 2.05) is 24.3 Å². The van der Waals surface area contributed by atoms with Gasteiger partial charge in [0.1, 0.15) is 16.2 Å². The molecule has 0 spiro atoms. The Kier molecular flexibility index (Phi) is 5.41. The van der Waals surface area contributed by atoms with Crippen molar-refractivity contribution >= 4 is 35.5 Å². The van der Waals surface area contributed by atoms with Gasteiger partial charge < -0.3 is 14.2 Å². The Hall–Kier alpha value is -1.34. The SMILES string of the molecule is COC(=O)C1SC(c2ccc(OC)cc2)SC1C(=O)OC. The van der Waals surface area contributed by atoms with Crippen LogP contribution in [0.5, 0.6) is 5.75 Å². The van der Waals surface area contributed by atoms with Crippen LogP contribution in [0.3, 0.4) is 0 Å². The number of thioether (sulfide) groups is 2. The molecular weight excluding hydrogens is 312 g/mol. The first-order chi connectivity index (χ1) is 10.1. The average molecular weight is 328 g/mol. The van der Waals surface area contributed by atoms with Crippen molar-refractivity contribution in [2.24, 2.45) is 0 Å². The van der Waals surface area contributed by atoms with Gasteiger partial charge in [0.05, 0.1) is 25.9 Å². The molecule has 1 aliphatic heterocycles. The fraction of sp³-hybridized carbons (Fsp3) is 0.429. The van der Waals surface area contributed by atoms with E-state index in [1.165, 1.54) is 37.7 Å². The van der Waals surface area contributed by atoms with Gasteiger partial charge in [0.15, 0.2) is 0 Å². The summed E-state index contributed by atoms with van der Waals surface area (Å²) in [5.41, 5.74) is 1.02. The molecule has 0 bridgehead atoms. The summed E-state index contributed by atoms with van der Waals surface area (Å²) in [6.07, 6.45) is 0. The van der Waals surface area contributed by atoms with E-state index in [2.05, 4.69) is 0 Å². The lowest BCUT2D eigenvalue weighted by molar-refractivity contribution is -0.145. The van der Waals surface area contributed by atoms with Crippen LogP contribution >= 0.6 is 23.5 Å². The lowest BCUT2D eigenvalue weighted by Gasteiger charge is -2.12. The van der Waals surface area contributed by atoms with E-state index in [1.54, 1.807) is 7.11 Å². The van der Waals surface area contributed by atoms with Gasteiger partial charge in [-0.1, -0.05) is 12.1 Å². The number of methoxy groups -OCH3 is 3. The summed E-state index contributed by atoms with van der Waals surface area (Å²) in [7, 11) is 4.25. The van der Waals surface area contributed by atoms with Gasteiger partial charge >= 0.3 is 11.9 Å². The molecule has 0 saturated carbocycles. The topological polar surface area (TPSA) is 61.8 Å². The lowest BCUT2D eigenvalue weighted by atomic mass is 10.2. The van der Waals surface area contributed by atoms with E-state index in [-0.39, 0.29) is 4.58 Å². The first-order valence-corrected chi connectivity index (χ1v) is 8.09. The molecule has 7 heteroatoms. The molecule has 1 fully saturated rings. The quantitative estimate of drug-likeness (QED) is 0.786. The molecule has 1 aromatic rings. The van der Waals surface area contributed by atoms with Crippen molar-refractivity contribution in [2.45, 2.75) is 15.1 Å². The molecule has 0 amide bonds. The van der Waals surface area contributed by atoms with Gasteiger partial charge in [-0.05, 0) is 17.7 Å². The Morgan fingerprint density at radius 2 is 1.38 bits per heavy atom. The summed E-state index contributed by atoms with van der Waals surface area (Å²) >= 11 is 2.82. The Morgan fingerprint density at radius 3 is 1.76 bits per heavy atom. The minimum atomic E-state index is -0.556. The largest absolute Gasteiger partial charge is 0.497 e. The number of ether oxygens (including phenoxy) is 3. The minimum Gasteiger partial charge on any atom is -0.497 e. The van der Waals surface area contributed by atoms with Crippen molar-refractivity contribution in [3.05, 3.63) is 29.8 Å². The van der Waals surface area contributed by atoms with Gasteiger partial charge in [-0.25, -0.2) is 0 Å². The van der Waals surface area contributed by atoms with Crippen molar-refractivity contribution in [1.29, 1.82) is 0 Å². The van der Waals surface area contributed by atoms with Crippen LogP contribution in [0.4, 0.5) is 0 Å². The number of esters is 2. The Morgan fingerprint density at radius 1 is 0.905 bits per heavy atom. The van der Waals surface area contributed by atoms with E-state index in [0.717, 1.165) is 11.3 Å². The highest BCUT2D eigenvalue weighted by Crippen LogP contribution is 2.54. The second-order valence-corrected chi connectivity index (χ2v) is 7.07. The molecule has 21 heavy (non-hydrogen) atoms. The highest BCUT2D eigenvalue weighted by atomic mass is 32.2. The molecule has 114 valence electrons. The Labute approximate surface area is 131 Å². The van der Waals surface area contributed by atoms with Crippen LogP contribution in [-0.2, 0) is 19.1 Å². The second kappa shape index (κ2) is 7.09. The van der Waals surface area contributed by atoms with E-state index in [4.69, 9.17) is 14.2 Å². The Balaban J connectivity index is 2.19. The zero-order valence-corrected chi connectivity index (χ0v) is 13.5. The number of carbonyl (C=O) groups excluding carboxylic acids is 2. The van der Waals surface area contributed by atoms with Crippen LogP contribution in [0.25, 0.3) is 0 Å². The first kappa shape index (κ1) is 16.0.